The minimum Gasteiger partial charge on any atom is -0.298 e. The Kier molecular flexibility index (Phi) is 3.88. The standard InChI is InChI=1S/C16H25N/c1-4-16(10-14(2)3)12-17(13-16)11-15-8-6-5-7-9-15/h5-9,14H,4,10-13H2,1-3H3. The van der Waals surface area contributed by atoms with Gasteiger partial charge in [0.15, 0.2) is 0 Å². The van der Waals surface area contributed by atoms with Crippen molar-refractivity contribution in [1.82, 2.24) is 4.90 Å². The number of nitrogens with zero attached hydrogens (tertiary/aromatic N) is 1. The molecule has 1 aromatic carbocycles. The number of rotatable bonds is 5. The lowest BCUT2D eigenvalue weighted by atomic mass is 9.71. The molecule has 0 N–H and O–H groups in total. The van der Waals surface area contributed by atoms with Gasteiger partial charge >= 0.3 is 0 Å². The fraction of sp³-hybridized carbons (Fsp3) is 0.625. The van der Waals surface area contributed by atoms with Crippen LogP contribution in [0.25, 0.3) is 0 Å². The van der Waals surface area contributed by atoms with Crippen molar-refractivity contribution >= 4 is 0 Å². The highest BCUT2D eigenvalue weighted by Gasteiger charge is 2.41. The van der Waals surface area contributed by atoms with Crippen LogP contribution in [-0.4, -0.2) is 18.0 Å². The third-order valence-corrected chi connectivity index (χ3v) is 3.96. The van der Waals surface area contributed by atoms with Crippen LogP contribution in [0.3, 0.4) is 0 Å². The highest BCUT2D eigenvalue weighted by atomic mass is 15.2. The van der Waals surface area contributed by atoms with Crippen LogP contribution in [0.1, 0.15) is 39.2 Å². The van der Waals surface area contributed by atoms with Gasteiger partial charge in [-0.05, 0) is 29.7 Å². The van der Waals surface area contributed by atoms with E-state index in [1.54, 1.807) is 0 Å². The predicted molar refractivity (Wildman–Crippen MR) is 73.9 cm³/mol. The van der Waals surface area contributed by atoms with Crippen LogP contribution in [0.2, 0.25) is 0 Å². The average Bonchev–Trinajstić information content (AvgIpc) is 2.26. The highest BCUT2D eigenvalue weighted by molar-refractivity contribution is 5.15. The van der Waals surface area contributed by atoms with Gasteiger partial charge in [0.1, 0.15) is 0 Å². The SMILES string of the molecule is CCC1(CC(C)C)CN(Cc2ccccc2)C1. The quantitative estimate of drug-likeness (QED) is 0.742. The molecule has 0 unspecified atom stereocenters. The molecule has 0 atom stereocenters. The normalized spacial score (nSPS) is 19.3. The van der Waals surface area contributed by atoms with Crippen molar-refractivity contribution in [2.45, 2.75) is 40.2 Å². The smallest absolute Gasteiger partial charge is 0.0234 e. The summed E-state index contributed by atoms with van der Waals surface area (Å²) in [6, 6.07) is 10.8. The molecule has 0 radical (unpaired) electrons. The topological polar surface area (TPSA) is 3.24 Å². The van der Waals surface area contributed by atoms with Gasteiger partial charge in [0, 0.05) is 19.6 Å². The molecule has 0 aromatic heterocycles. The van der Waals surface area contributed by atoms with Gasteiger partial charge in [-0.25, -0.2) is 0 Å². The van der Waals surface area contributed by atoms with Crippen molar-refractivity contribution in [1.29, 1.82) is 0 Å². The van der Waals surface area contributed by atoms with E-state index >= 15 is 0 Å². The average molecular weight is 231 g/mol. The molecule has 0 bridgehead atoms. The Balaban J connectivity index is 1.85. The summed E-state index contributed by atoms with van der Waals surface area (Å²) in [5, 5.41) is 0. The second-order valence-electron chi connectivity index (χ2n) is 6.08. The van der Waals surface area contributed by atoms with Crippen molar-refractivity contribution in [3.05, 3.63) is 35.9 Å². The Hall–Kier alpha value is -0.820. The summed E-state index contributed by atoms with van der Waals surface area (Å²) in [4.78, 5) is 2.58. The van der Waals surface area contributed by atoms with E-state index in [0.717, 1.165) is 12.5 Å². The third kappa shape index (κ3) is 3.10. The summed E-state index contributed by atoms with van der Waals surface area (Å²) in [5.74, 6) is 0.828. The first-order valence-electron chi connectivity index (χ1n) is 6.90. The maximum absolute atomic E-state index is 2.58. The molecular weight excluding hydrogens is 206 g/mol. The van der Waals surface area contributed by atoms with E-state index in [9.17, 15) is 0 Å². The molecule has 0 aliphatic carbocycles. The lowest BCUT2D eigenvalue weighted by molar-refractivity contribution is -0.0243. The number of hydrogen-bond donors (Lipinski definition) is 0. The molecule has 1 aliphatic rings. The van der Waals surface area contributed by atoms with Gasteiger partial charge in [-0.2, -0.15) is 0 Å². The molecular formula is C16H25N. The zero-order valence-electron chi connectivity index (χ0n) is 11.4. The van der Waals surface area contributed by atoms with E-state index in [-0.39, 0.29) is 0 Å². The van der Waals surface area contributed by atoms with Crippen LogP contribution in [0.15, 0.2) is 30.3 Å². The van der Waals surface area contributed by atoms with E-state index in [0.29, 0.717) is 5.41 Å². The van der Waals surface area contributed by atoms with E-state index < -0.39 is 0 Å². The summed E-state index contributed by atoms with van der Waals surface area (Å²) in [6.45, 7) is 10.7. The molecule has 1 aromatic rings. The summed E-state index contributed by atoms with van der Waals surface area (Å²) >= 11 is 0. The van der Waals surface area contributed by atoms with Crippen LogP contribution in [-0.2, 0) is 6.54 Å². The highest BCUT2D eigenvalue weighted by Crippen LogP contribution is 2.40. The fourth-order valence-electron chi connectivity index (χ4n) is 3.22. The van der Waals surface area contributed by atoms with Crippen molar-refractivity contribution < 1.29 is 0 Å². The lowest BCUT2D eigenvalue weighted by Gasteiger charge is -2.51. The molecule has 2 rings (SSSR count). The maximum Gasteiger partial charge on any atom is 0.0234 e. The molecule has 1 heteroatoms. The molecule has 1 heterocycles. The second kappa shape index (κ2) is 5.22. The second-order valence-corrected chi connectivity index (χ2v) is 6.08. The molecule has 0 saturated carbocycles. The maximum atomic E-state index is 2.58. The molecule has 0 spiro atoms. The van der Waals surface area contributed by atoms with Crippen molar-refractivity contribution in [3.8, 4) is 0 Å². The Labute approximate surface area is 106 Å². The van der Waals surface area contributed by atoms with E-state index in [2.05, 4.69) is 56.0 Å². The van der Waals surface area contributed by atoms with Gasteiger partial charge in [-0.1, -0.05) is 51.1 Å². The Morgan fingerprint density at radius 3 is 2.35 bits per heavy atom. The fourth-order valence-corrected chi connectivity index (χ4v) is 3.22. The van der Waals surface area contributed by atoms with Gasteiger partial charge in [0.2, 0.25) is 0 Å². The van der Waals surface area contributed by atoms with Gasteiger partial charge in [0.05, 0.1) is 0 Å². The number of hydrogen-bond acceptors (Lipinski definition) is 1. The van der Waals surface area contributed by atoms with E-state index in [1.807, 2.05) is 0 Å². The summed E-state index contributed by atoms with van der Waals surface area (Å²) in [7, 11) is 0. The van der Waals surface area contributed by atoms with E-state index in [1.165, 1.54) is 31.5 Å². The molecule has 94 valence electrons. The number of likely N-dealkylation sites (tertiary alicyclic amines) is 1. The van der Waals surface area contributed by atoms with Crippen molar-refractivity contribution in [3.63, 3.8) is 0 Å². The Morgan fingerprint density at radius 2 is 1.82 bits per heavy atom. The summed E-state index contributed by atoms with van der Waals surface area (Å²) in [5.41, 5.74) is 2.06. The molecule has 1 aliphatic heterocycles. The van der Waals surface area contributed by atoms with Crippen LogP contribution >= 0.6 is 0 Å². The van der Waals surface area contributed by atoms with Crippen LogP contribution in [0.4, 0.5) is 0 Å². The van der Waals surface area contributed by atoms with Crippen molar-refractivity contribution in [2.75, 3.05) is 13.1 Å². The monoisotopic (exact) mass is 231 g/mol. The van der Waals surface area contributed by atoms with Gasteiger partial charge < -0.3 is 0 Å². The lowest BCUT2D eigenvalue weighted by Crippen LogP contribution is -2.55. The van der Waals surface area contributed by atoms with Crippen LogP contribution in [0.5, 0.6) is 0 Å². The first-order chi connectivity index (χ1) is 8.13. The predicted octanol–water partition coefficient (Wildman–Crippen LogP) is 3.94. The molecule has 17 heavy (non-hydrogen) atoms. The van der Waals surface area contributed by atoms with Gasteiger partial charge in [-0.3, -0.25) is 4.90 Å². The zero-order valence-corrected chi connectivity index (χ0v) is 11.4. The minimum atomic E-state index is 0.614. The van der Waals surface area contributed by atoms with E-state index in [4.69, 9.17) is 0 Å². The Bertz CT molecular complexity index is 336. The molecule has 0 amide bonds. The number of benzene rings is 1. The molecule has 1 fully saturated rings. The zero-order chi connectivity index (χ0) is 12.3. The third-order valence-electron chi connectivity index (χ3n) is 3.96. The van der Waals surface area contributed by atoms with Crippen LogP contribution < -0.4 is 0 Å². The summed E-state index contributed by atoms with van der Waals surface area (Å²) in [6.07, 6.45) is 2.71. The van der Waals surface area contributed by atoms with Crippen LogP contribution in [0, 0.1) is 11.3 Å². The van der Waals surface area contributed by atoms with Crippen molar-refractivity contribution in [2.24, 2.45) is 11.3 Å². The molecule has 1 saturated heterocycles. The summed E-state index contributed by atoms with van der Waals surface area (Å²) < 4.78 is 0. The Morgan fingerprint density at radius 1 is 1.18 bits per heavy atom. The van der Waals surface area contributed by atoms with Gasteiger partial charge in [-0.15, -0.1) is 0 Å². The largest absolute Gasteiger partial charge is 0.298 e. The first kappa shape index (κ1) is 12.6. The minimum absolute atomic E-state index is 0.614. The molecule has 1 nitrogen and oxygen atoms in total. The van der Waals surface area contributed by atoms with Gasteiger partial charge in [0.25, 0.3) is 0 Å². The first-order valence-corrected chi connectivity index (χ1v) is 6.90.